The number of Topliss-reactive ketones (excluding diaryl/α,β-unsaturated/α-hetero) is 1. The summed E-state index contributed by atoms with van der Waals surface area (Å²) in [6, 6.07) is 16.0. The van der Waals surface area contributed by atoms with Gasteiger partial charge in [-0.15, -0.1) is 0 Å². The van der Waals surface area contributed by atoms with Gasteiger partial charge < -0.3 is 10.3 Å². The molecule has 0 saturated carbocycles. The number of ketones is 1. The summed E-state index contributed by atoms with van der Waals surface area (Å²) in [5.41, 5.74) is 9.84. The molecule has 3 aromatic rings. The van der Waals surface area contributed by atoms with E-state index in [1.54, 1.807) is 29.3 Å². The van der Waals surface area contributed by atoms with E-state index in [0.717, 1.165) is 11.1 Å². The second-order valence-electron chi connectivity index (χ2n) is 7.40. The maximum atomic E-state index is 12.9. The first kappa shape index (κ1) is 21.0. The maximum absolute atomic E-state index is 12.9. The quantitative estimate of drug-likeness (QED) is 0.427. The van der Waals surface area contributed by atoms with Crippen LogP contribution >= 0.6 is 0 Å². The Balaban J connectivity index is 1.48. The standard InChI is InChI=1S/C21H23N5O4S/c1-16-7-9-18(10-8-16)31(28,29)25-13-11-24(12-14-25)26-20(21(22)30-23-26)19(27)15-17-5-3-2-4-6-17/h2-10H,11-15H2,1H3,(H-,22,23,27). The van der Waals surface area contributed by atoms with Gasteiger partial charge >= 0.3 is 5.69 Å². The number of hydrogen-bond donors (Lipinski definition) is 0. The summed E-state index contributed by atoms with van der Waals surface area (Å²) in [5.74, 6) is -0.595. The molecule has 1 saturated heterocycles. The number of carbonyl (C=O) groups excluding carboxylic acids is 1. The van der Waals surface area contributed by atoms with Crippen molar-refractivity contribution in [2.45, 2.75) is 18.2 Å². The van der Waals surface area contributed by atoms with Crippen LogP contribution in [0.25, 0.3) is 5.73 Å². The summed E-state index contributed by atoms with van der Waals surface area (Å²) in [6.45, 7) is 2.99. The Morgan fingerprint density at radius 3 is 2.35 bits per heavy atom. The fraction of sp³-hybridized carbons (Fsp3) is 0.286. The number of carbonyl (C=O) groups is 1. The van der Waals surface area contributed by atoms with Crippen LogP contribution in [-0.2, 0) is 16.4 Å². The van der Waals surface area contributed by atoms with Crippen LogP contribution in [-0.4, -0.2) is 50.0 Å². The fourth-order valence-electron chi connectivity index (χ4n) is 3.52. The molecule has 162 valence electrons. The molecule has 0 unspecified atom stereocenters. The highest BCUT2D eigenvalue weighted by molar-refractivity contribution is 7.89. The van der Waals surface area contributed by atoms with Gasteiger partial charge in [0.05, 0.1) is 22.8 Å². The Bertz CT molecular complexity index is 1170. The smallest absolute Gasteiger partial charge is 0.334 e. The number of hydrogen-bond acceptors (Lipinski definition) is 6. The van der Waals surface area contributed by atoms with Crippen molar-refractivity contribution in [3.8, 4) is 0 Å². The molecule has 31 heavy (non-hydrogen) atoms. The molecule has 1 aliphatic heterocycles. The Hall–Kier alpha value is -3.24. The number of benzene rings is 2. The Labute approximate surface area is 180 Å². The largest absolute Gasteiger partial charge is 0.659 e. The predicted molar refractivity (Wildman–Crippen MR) is 113 cm³/mol. The third-order valence-electron chi connectivity index (χ3n) is 5.24. The lowest BCUT2D eigenvalue weighted by Crippen LogP contribution is -2.67. The average molecular weight is 442 g/mol. The summed E-state index contributed by atoms with van der Waals surface area (Å²) in [4.78, 5) is 14.4. The number of piperazine rings is 1. The van der Waals surface area contributed by atoms with Crippen LogP contribution in [0.5, 0.6) is 0 Å². The number of rotatable bonds is 6. The lowest BCUT2D eigenvalue weighted by Gasteiger charge is -2.29. The number of aromatic nitrogens is 2. The van der Waals surface area contributed by atoms with Crippen molar-refractivity contribution in [1.82, 2.24) is 9.58 Å². The van der Waals surface area contributed by atoms with Gasteiger partial charge in [0.1, 0.15) is 5.88 Å². The number of aryl methyl sites for hydroxylation is 1. The van der Waals surface area contributed by atoms with Gasteiger partial charge in [0.2, 0.25) is 21.1 Å². The minimum Gasteiger partial charge on any atom is -0.659 e. The van der Waals surface area contributed by atoms with Crippen LogP contribution in [0, 0.1) is 6.92 Å². The van der Waals surface area contributed by atoms with Crippen molar-refractivity contribution in [1.29, 1.82) is 0 Å². The fourth-order valence-corrected chi connectivity index (χ4v) is 4.94. The van der Waals surface area contributed by atoms with Crippen molar-refractivity contribution in [3.05, 3.63) is 77.2 Å². The van der Waals surface area contributed by atoms with Gasteiger partial charge in [-0.05, 0) is 24.6 Å². The van der Waals surface area contributed by atoms with Crippen molar-refractivity contribution >= 4 is 21.7 Å². The minimum atomic E-state index is -3.60. The SMILES string of the molecule is Cc1ccc(S(=O)(=O)N2CCN([n+]3noc([NH-])c3C(=O)Cc3ccccc3)CC2)cc1. The summed E-state index contributed by atoms with van der Waals surface area (Å²) in [7, 11) is -3.60. The van der Waals surface area contributed by atoms with Gasteiger partial charge in [-0.3, -0.25) is 4.79 Å². The Kier molecular flexibility index (Phi) is 5.75. The number of sulfonamides is 1. The van der Waals surface area contributed by atoms with Crippen LogP contribution in [0.2, 0.25) is 0 Å². The summed E-state index contributed by atoms with van der Waals surface area (Å²) in [5, 5.41) is 5.57. The van der Waals surface area contributed by atoms with Crippen molar-refractivity contribution in [2.75, 3.05) is 31.2 Å². The normalized spacial score (nSPS) is 15.2. The molecule has 0 spiro atoms. The van der Waals surface area contributed by atoms with Gasteiger partial charge in [-0.25, -0.2) is 8.42 Å². The molecule has 0 radical (unpaired) electrons. The van der Waals surface area contributed by atoms with Crippen molar-refractivity contribution < 1.29 is 22.5 Å². The highest BCUT2D eigenvalue weighted by Crippen LogP contribution is 2.19. The average Bonchev–Trinajstić information content (AvgIpc) is 3.16. The molecular weight excluding hydrogens is 418 g/mol. The minimum absolute atomic E-state index is 0.0543. The topological polar surface area (TPSA) is 111 Å². The van der Waals surface area contributed by atoms with Crippen LogP contribution in [0.15, 0.2) is 64.0 Å². The van der Waals surface area contributed by atoms with Gasteiger partial charge in [-0.2, -0.15) is 9.31 Å². The second-order valence-corrected chi connectivity index (χ2v) is 9.33. The first-order valence-corrected chi connectivity index (χ1v) is 11.3. The Morgan fingerprint density at radius 2 is 1.71 bits per heavy atom. The highest BCUT2D eigenvalue weighted by atomic mass is 32.2. The molecule has 1 N–H and O–H groups in total. The second kappa shape index (κ2) is 8.48. The van der Waals surface area contributed by atoms with E-state index in [-0.39, 0.29) is 41.8 Å². The molecule has 2 heterocycles. The zero-order valence-electron chi connectivity index (χ0n) is 17.1. The molecule has 9 nitrogen and oxygen atoms in total. The van der Waals surface area contributed by atoms with E-state index in [4.69, 9.17) is 10.3 Å². The number of nitrogens with zero attached hydrogens (tertiary/aromatic N) is 4. The zero-order valence-corrected chi connectivity index (χ0v) is 17.9. The van der Waals surface area contributed by atoms with Gasteiger partial charge in [0.15, 0.2) is 0 Å². The van der Waals surface area contributed by atoms with E-state index in [1.165, 1.54) is 9.10 Å². The van der Waals surface area contributed by atoms with Crippen LogP contribution in [0.4, 0.5) is 5.88 Å². The van der Waals surface area contributed by atoms with E-state index in [1.807, 2.05) is 37.3 Å². The molecule has 2 aromatic carbocycles. The molecule has 0 atom stereocenters. The van der Waals surface area contributed by atoms with Gasteiger partial charge in [0, 0.05) is 19.5 Å². The molecule has 1 aliphatic rings. The molecule has 0 bridgehead atoms. The lowest BCUT2D eigenvalue weighted by molar-refractivity contribution is -0.760. The van der Waals surface area contributed by atoms with E-state index >= 15 is 0 Å². The maximum Gasteiger partial charge on any atom is 0.334 e. The molecule has 0 aliphatic carbocycles. The first-order chi connectivity index (χ1) is 14.9. The zero-order chi connectivity index (χ0) is 22.0. The summed E-state index contributed by atoms with van der Waals surface area (Å²) >= 11 is 0. The summed E-state index contributed by atoms with van der Waals surface area (Å²) < 4.78 is 32.2. The molecule has 1 aromatic heterocycles. The highest BCUT2D eigenvalue weighted by Gasteiger charge is 2.36. The van der Waals surface area contributed by atoms with E-state index in [2.05, 4.69) is 5.27 Å². The van der Waals surface area contributed by atoms with Crippen LogP contribution in [0.1, 0.15) is 21.6 Å². The van der Waals surface area contributed by atoms with Gasteiger partial charge in [0.25, 0.3) is 0 Å². The summed E-state index contributed by atoms with van der Waals surface area (Å²) in [6.07, 6.45) is 0.121. The van der Waals surface area contributed by atoms with E-state index in [9.17, 15) is 13.2 Å². The van der Waals surface area contributed by atoms with Gasteiger partial charge in [-0.1, -0.05) is 48.0 Å². The monoisotopic (exact) mass is 441 g/mol. The van der Waals surface area contributed by atoms with Crippen molar-refractivity contribution in [3.63, 3.8) is 0 Å². The first-order valence-electron chi connectivity index (χ1n) is 9.89. The molecule has 10 heteroatoms. The van der Waals surface area contributed by atoms with Crippen molar-refractivity contribution in [2.24, 2.45) is 0 Å². The predicted octanol–water partition coefficient (Wildman–Crippen LogP) is 2.02. The number of nitrogens with one attached hydrogen (secondary N) is 1. The molecular formula is C21H23N5O4S. The third-order valence-corrected chi connectivity index (χ3v) is 7.15. The lowest BCUT2D eigenvalue weighted by atomic mass is 10.1. The molecule has 0 amide bonds. The molecule has 1 fully saturated rings. The Morgan fingerprint density at radius 1 is 1.06 bits per heavy atom. The van der Waals surface area contributed by atoms with E-state index < -0.39 is 10.0 Å². The third kappa shape index (κ3) is 4.30. The van der Waals surface area contributed by atoms with E-state index in [0.29, 0.717) is 13.1 Å². The van der Waals surface area contributed by atoms with Crippen LogP contribution in [0.3, 0.4) is 0 Å². The molecule has 4 rings (SSSR count). The van der Waals surface area contributed by atoms with Crippen LogP contribution < -0.4 is 9.80 Å².